The van der Waals surface area contributed by atoms with Crippen molar-refractivity contribution in [2.24, 2.45) is 0 Å². The van der Waals surface area contributed by atoms with Gasteiger partial charge >= 0.3 is 0 Å². The largest absolute Gasteiger partial charge is 0.0958 e. The predicted octanol–water partition coefficient (Wildman–Crippen LogP) is 5.58. The average molecular weight is 285 g/mol. The van der Waals surface area contributed by atoms with Gasteiger partial charge < -0.3 is 0 Å². The van der Waals surface area contributed by atoms with Crippen molar-refractivity contribution in [3.05, 3.63) is 35.9 Å². The van der Waals surface area contributed by atoms with Crippen LogP contribution in [0.3, 0.4) is 0 Å². The molecule has 1 aromatic carbocycles. The summed E-state index contributed by atoms with van der Waals surface area (Å²) in [6.45, 7) is 7.47. The Morgan fingerprint density at radius 1 is 1.12 bits per heavy atom. The predicted molar refractivity (Wildman–Crippen MR) is 83.0 cm³/mol. The van der Waals surface area contributed by atoms with E-state index in [0.29, 0.717) is 4.78 Å². The van der Waals surface area contributed by atoms with Crippen molar-refractivity contribution in [2.75, 3.05) is 6.16 Å². The highest BCUT2D eigenvalue weighted by Gasteiger charge is 2.50. The smallest absolute Gasteiger partial charge is 0.0626 e. The molecule has 0 nitrogen and oxygen atoms in total. The van der Waals surface area contributed by atoms with Crippen molar-refractivity contribution in [1.29, 1.82) is 0 Å². The molecule has 1 fully saturated rings. The molecule has 0 radical (unpaired) electrons. The monoisotopic (exact) mass is 284 g/mol. The van der Waals surface area contributed by atoms with Gasteiger partial charge in [0.2, 0.25) is 0 Å². The summed E-state index contributed by atoms with van der Waals surface area (Å²) in [6, 6.07) is 11.1. The minimum atomic E-state index is -1.31. The molecule has 1 aromatic rings. The summed E-state index contributed by atoms with van der Waals surface area (Å²) in [5.41, 5.74) is 1.51. The van der Waals surface area contributed by atoms with Gasteiger partial charge in [0.05, 0.1) is 8.07 Å². The van der Waals surface area contributed by atoms with Crippen molar-refractivity contribution < 1.29 is 0 Å². The summed E-state index contributed by atoms with van der Waals surface area (Å²) in [7, 11) is -1.68. The molecule has 3 heteroatoms. The highest BCUT2D eigenvalue weighted by Crippen LogP contribution is 2.68. The number of benzene rings is 1. The van der Waals surface area contributed by atoms with E-state index in [4.69, 9.17) is 11.2 Å². The first-order chi connectivity index (χ1) is 7.98. The molecule has 2 unspecified atom stereocenters. The summed E-state index contributed by atoms with van der Waals surface area (Å²) in [5.74, 6) is 0. The van der Waals surface area contributed by atoms with Crippen LogP contribution >= 0.6 is 18.5 Å². The second-order valence-electron chi connectivity index (χ2n) is 6.02. The van der Waals surface area contributed by atoms with E-state index in [1.807, 2.05) is 0 Å². The summed E-state index contributed by atoms with van der Waals surface area (Å²) in [6.07, 6.45) is 5.23. The molecule has 1 aliphatic heterocycles. The molecule has 0 bridgehead atoms. The molecular formula is C14H22ClPSi. The molecule has 0 spiro atoms. The van der Waals surface area contributed by atoms with Crippen LogP contribution in [0.5, 0.6) is 0 Å². The van der Waals surface area contributed by atoms with Crippen LogP contribution in [0, 0.1) is 0 Å². The van der Waals surface area contributed by atoms with E-state index in [-0.39, 0.29) is 7.27 Å². The quantitative estimate of drug-likeness (QED) is 0.491. The Kier molecular flexibility index (Phi) is 4.02. The second kappa shape index (κ2) is 5.03. The minimum absolute atomic E-state index is 0.337. The van der Waals surface area contributed by atoms with Crippen molar-refractivity contribution in [3.63, 3.8) is 0 Å². The highest BCUT2D eigenvalue weighted by molar-refractivity contribution is 7.86. The molecule has 1 aliphatic rings. The van der Waals surface area contributed by atoms with Crippen LogP contribution in [0.1, 0.15) is 24.8 Å². The molecule has 2 rings (SSSR count). The molecule has 2 atom stereocenters. The maximum absolute atomic E-state index is 6.86. The van der Waals surface area contributed by atoms with Gasteiger partial charge in [0.15, 0.2) is 0 Å². The van der Waals surface area contributed by atoms with Crippen molar-refractivity contribution in [3.8, 4) is 0 Å². The first kappa shape index (κ1) is 13.6. The van der Waals surface area contributed by atoms with E-state index < -0.39 is 8.07 Å². The van der Waals surface area contributed by atoms with Crippen LogP contribution in [-0.2, 0) is 4.78 Å². The fraction of sp³-hybridized carbons (Fsp3) is 0.571. The van der Waals surface area contributed by atoms with Gasteiger partial charge in [-0.2, -0.15) is 0 Å². The molecule has 0 amide bonds. The van der Waals surface area contributed by atoms with Crippen molar-refractivity contribution in [2.45, 2.75) is 43.7 Å². The number of halogens is 1. The van der Waals surface area contributed by atoms with E-state index in [1.165, 1.54) is 31.0 Å². The standard InChI is InChI=1S/C14H22ClPSi/c1-17(2,3)14(11-7-8-12-16(14)15)13-9-5-4-6-10-13/h4-6,9-10H,7-8,11-12H2,1-3H3. The van der Waals surface area contributed by atoms with Gasteiger partial charge in [-0.25, -0.2) is 0 Å². The molecule has 0 aliphatic carbocycles. The summed E-state index contributed by atoms with van der Waals surface area (Å²) in [5, 5.41) is 0. The molecule has 94 valence electrons. The lowest BCUT2D eigenvalue weighted by atomic mass is 10.1. The van der Waals surface area contributed by atoms with E-state index in [0.717, 1.165) is 0 Å². The Morgan fingerprint density at radius 2 is 1.76 bits per heavy atom. The van der Waals surface area contributed by atoms with Gasteiger partial charge in [0.25, 0.3) is 0 Å². The van der Waals surface area contributed by atoms with Gasteiger partial charge in [-0.15, -0.1) is 0 Å². The first-order valence-electron chi connectivity index (χ1n) is 6.47. The third-order valence-electron chi connectivity index (χ3n) is 4.05. The van der Waals surface area contributed by atoms with Crippen molar-refractivity contribution >= 4 is 26.6 Å². The molecule has 0 aromatic heterocycles. The van der Waals surface area contributed by atoms with Gasteiger partial charge in [0.1, 0.15) is 0 Å². The van der Waals surface area contributed by atoms with Crippen LogP contribution in [0.4, 0.5) is 0 Å². The third kappa shape index (κ3) is 2.35. The lowest BCUT2D eigenvalue weighted by molar-refractivity contribution is 0.617. The lowest BCUT2D eigenvalue weighted by Gasteiger charge is -2.50. The van der Waals surface area contributed by atoms with E-state index in [9.17, 15) is 0 Å². The first-order valence-corrected chi connectivity index (χ1v) is 12.4. The molecule has 1 saturated heterocycles. The summed E-state index contributed by atoms with van der Waals surface area (Å²) >= 11 is 6.86. The van der Waals surface area contributed by atoms with Crippen LogP contribution < -0.4 is 0 Å². The van der Waals surface area contributed by atoms with Crippen LogP contribution in [-0.4, -0.2) is 14.2 Å². The molecular weight excluding hydrogens is 263 g/mol. The number of hydrogen-bond acceptors (Lipinski definition) is 0. The zero-order valence-electron chi connectivity index (χ0n) is 11.0. The Morgan fingerprint density at radius 3 is 2.29 bits per heavy atom. The maximum atomic E-state index is 6.86. The van der Waals surface area contributed by atoms with E-state index >= 15 is 0 Å². The SMILES string of the molecule is C[Si](C)(C)C1(c2ccccc2)CCCCP1Cl. The zero-order valence-corrected chi connectivity index (χ0v) is 13.7. The Balaban J connectivity index is 2.51. The fourth-order valence-electron chi connectivity index (χ4n) is 3.11. The number of rotatable bonds is 2. The fourth-order valence-corrected chi connectivity index (χ4v) is 13.2. The normalized spacial score (nSPS) is 30.2. The third-order valence-corrected chi connectivity index (χ3v) is 13.7. The molecule has 17 heavy (non-hydrogen) atoms. The Hall–Kier alpha value is 0.157. The van der Waals surface area contributed by atoms with Crippen LogP contribution in [0.15, 0.2) is 30.3 Å². The summed E-state index contributed by atoms with van der Waals surface area (Å²) < 4.78 is 0.337. The van der Waals surface area contributed by atoms with Gasteiger partial charge in [-0.1, -0.05) is 67.6 Å². The van der Waals surface area contributed by atoms with E-state index in [1.54, 1.807) is 0 Å². The molecule has 0 N–H and O–H groups in total. The highest BCUT2D eigenvalue weighted by atomic mass is 35.7. The lowest BCUT2D eigenvalue weighted by Crippen LogP contribution is -2.49. The van der Waals surface area contributed by atoms with E-state index in [2.05, 4.69) is 50.0 Å². The molecule has 0 saturated carbocycles. The topological polar surface area (TPSA) is 0 Å². The Labute approximate surface area is 112 Å². The van der Waals surface area contributed by atoms with Crippen molar-refractivity contribution in [1.82, 2.24) is 0 Å². The number of hydrogen-bond donors (Lipinski definition) is 0. The van der Waals surface area contributed by atoms with Gasteiger partial charge in [0, 0.05) is 4.78 Å². The van der Waals surface area contributed by atoms with Crippen LogP contribution in [0.25, 0.3) is 0 Å². The summed E-state index contributed by atoms with van der Waals surface area (Å²) in [4.78, 5) is 0. The zero-order chi connectivity index (χ0) is 12.5. The van der Waals surface area contributed by atoms with Gasteiger partial charge in [-0.05, 0) is 31.8 Å². The van der Waals surface area contributed by atoms with Gasteiger partial charge in [-0.3, -0.25) is 0 Å². The minimum Gasteiger partial charge on any atom is -0.0958 e. The molecule has 1 heterocycles. The average Bonchev–Trinajstić information content (AvgIpc) is 2.29. The maximum Gasteiger partial charge on any atom is 0.0626 e. The van der Waals surface area contributed by atoms with Crippen LogP contribution in [0.2, 0.25) is 19.6 Å². The Bertz CT molecular complexity index is 374. The second-order valence-corrected chi connectivity index (χ2v) is 15.0.